The molecule has 2 aromatic rings. The summed E-state index contributed by atoms with van der Waals surface area (Å²) in [5, 5.41) is 11.5. The predicted molar refractivity (Wildman–Crippen MR) is 101 cm³/mol. The van der Waals surface area contributed by atoms with E-state index in [-0.39, 0.29) is 24.2 Å². The molecule has 0 saturated heterocycles. The van der Waals surface area contributed by atoms with Gasteiger partial charge in [-0.15, -0.1) is 5.10 Å². The van der Waals surface area contributed by atoms with Crippen molar-refractivity contribution in [1.29, 1.82) is 0 Å². The molecule has 1 saturated carbocycles. The van der Waals surface area contributed by atoms with Gasteiger partial charge in [0.2, 0.25) is 0 Å². The molecule has 1 N–H and O–H groups in total. The van der Waals surface area contributed by atoms with Gasteiger partial charge < -0.3 is 10.1 Å². The summed E-state index contributed by atoms with van der Waals surface area (Å²) in [4.78, 5) is 24.4. The Hall–Kier alpha value is -2.41. The monoisotopic (exact) mass is 390 g/mol. The highest BCUT2D eigenvalue weighted by atomic mass is 35.5. The Morgan fingerprint density at radius 3 is 2.78 bits per heavy atom. The predicted octanol–water partition coefficient (Wildman–Crippen LogP) is 3.09. The molecule has 1 amide bonds. The zero-order valence-corrected chi connectivity index (χ0v) is 16.0. The normalized spacial score (nSPS) is 14.7. The van der Waals surface area contributed by atoms with Crippen molar-refractivity contribution in [2.24, 2.45) is 0 Å². The third-order valence-corrected chi connectivity index (χ3v) is 4.88. The van der Waals surface area contributed by atoms with E-state index in [0.29, 0.717) is 22.8 Å². The van der Waals surface area contributed by atoms with Gasteiger partial charge in [0, 0.05) is 11.1 Å². The molecule has 0 spiro atoms. The third kappa shape index (κ3) is 4.86. The Kier molecular flexibility index (Phi) is 6.45. The fourth-order valence-electron chi connectivity index (χ4n) is 3.31. The molecule has 0 unspecified atom stereocenters. The van der Waals surface area contributed by atoms with Crippen LogP contribution in [0.3, 0.4) is 0 Å². The Labute approximate surface area is 163 Å². The van der Waals surface area contributed by atoms with E-state index in [1.807, 2.05) is 13.0 Å². The van der Waals surface area contributed by atoms with Gasteiger partial charge in [-0.05, 0) is 37.5 Å². The summed E-state index contributed by atoms with van der Waals surface area (Å²) in [6.07, 6.45) is 5.94. The number of hydrogen-bond acceptors (Lipinski definition) is 5. The first-order valence-corrected chi connectivity index (χ1v) is 9.63. The molecule has 1 fully saturated rings. The van der Waals surface area contributed by atoms with Crippen molar-refractivity contribution in [1.82, 2.24) is 20.3 Å². The third-order valence-electron chi connectivity index (χ3n) is 4.65. The zero-order valence-electron chi connectivity index (χ0n) is 15.3. The Balaban J connectivity index is 1.63. The lowest BCUT2D eigenvalue weighted by molar-refractivity contribution is -0.125. The quantitative estimate of drug-likeness (QED) is 0.766. The average Bonchev–Trinajstić information content (AvgIpc) is 3.11. The number of rotatable bonds is 6. The Bertz CT molecular complexity index is 815. The summed E-state index contributed by atoms with van der Waals surface area (Å²) in [7, 11) is 0. The molecule has 1 aromatic heterocycles. The summed E-state index contributed by atoms with van der Waals surface area (Å²) < 4.78 is 6.71. The van der Waals surface area contributed by atoms with Gasteiger partial charge in [0.05, 0.1) is 11.4 Å². The van der Waals surface area contributed by atoms with Crippen LogP contribution >= 0.6 is 11.6 Å². The van der Waals surface area contributed by atoms with Gasteiger partial charge in [0.1, 0.15) is 0 Å². The highest BCUT2D eigenvalue weighted by Crippen LogP contribution is 2.19. The van der Waals surface area contributed by atoms with E-state index in [2.05, 4.69) is 15.6 Å². The van der Waals surface area contributed by atoms with Gasteiger partial charge in [-0.1, -0.05) is 49.1 Å². The van der Waals surface area contributed by atoms with Gasteiger partial charge in [-0.25, -0.2) is 9.48 Å². The lowest BCUT2D eigenvalue weighted by Gasteiger charge is -2.22. The lowest BCUT2D eigenvalue weighted by atomic mass is 9.95. The maximum Gasteiger partial charge on any atom is 0.361 e. The molecule has 1 heterocycles. The molecule has 0 radical (unpaired) electrons. The van der Waals surface area contributed by atoms with Gasteiger partial charge in [-0.3, -0.25) is 4.79 Å². The van der Waals surface area contributed by atoms with E-state index in [1.54, 1.807) is 22.9 Å². The second-order valence-corrected chi connectivity index (χ2v) is 7.04. The van der Waals surface area contributed by atoms with Crippen molar-refractivity contribution < 1.29 is 14.3 Å². The molecule has 0 bridgehead atoms. The summed E-state index contributed by atoms with van der Waals surface area (Å²) in [6, 6.07) is 7.30. The molecule has 3 rings (SSSR count). The van der Waals surface area contributed by atoms with Crippen LogP contribution in [0.25, 0.3) is 5.69 Å². The number of nitrogens with zero attached hydrogens (tertiary/aromatic N) is 3. The van der Waals surface area contributed by atoms with E-state index < -0.39 is 5.97 Å². The van der Waals surface area contributed by atoms with Crippen molar-refractivity contribution >= 4 is 23.5 Å². The van der Waals surface area contributed by atoms with E-state index in [9.17, 15) is 9.59 Å². The fraction of sp³-hybridized carbons (Fsp3) is 0.474. The number of nitrogens with one attached hydrogen (secondary N) is 1. The largest absolute Gasteiger partial charge is 0.451 e. The fourth-order valence-corrected chi connectivity index (χ4v) is 3.49. The van der Waals surface area contributed by atoms with Crippen LogP contribution in [-0.4, -0.2) is 39.5 Å². The summed E-state index contributed by atoms with van der Waals surface area (Å²) in [5.74, 6) is -0.936. The first-order valence-electron chi connectivity index (χ1n) is 9.25. The van der Waals surface area contributed by atoms with Crippen LogP contribution < -0.4 is 5.32 Å². The van der Waals surface area contributed by atoms with Gasteiger partial charge in [0.25, 0.3) is 5.91 Å². The van der Waals surface area contributed by atoms with Crippen LogP contribution in [0.2, 0.25) is 5.02 Å². The zero-order chi connectivity index (χ0) is 19.2. The molecule has 7 nitrogen and oxygen atoms in total. The number of aromatic nitrogens is 3. The standard InChI is InChI=1S/C19H23ClN4O3/c1-2-16-18(22-23-24(16)15-10-6-7-13(20)11-15)19(26)27-12-17(25)21-14-8-4-3-5-9-14/h6-7,10-11,14H,2-5,8-9,12H2,1H3,(H,21,25). The van der Waals surface area contributed by atoms with Crippen molar-refractivity contribution in [2.45, 2.75) is 51.5 Å². The first kappa shape index (κ1) is 19.4. The van der Waals surface area contributed by atoms with Crippen molar-refractivity contribution in [2.75, 3.05) is 6.61 Å². The average molecular weight is 391 g/mol. The van der Waals surface area contributed by atoms with Crippen LogP contribution in [0.1, 0.15) is 55.2 Å². The number of amides is 1. The van der Waals surface area contributed by atoms with E-state index >= 15 is 0 Å². The molecule has 0 atom stereocenters. The van der Waals surface area contributed by atoms with Crippen molar-refractivity contribution in [3.05, 3.63) is 40.7 Å². The molecule has 8 heteroatoms. The molecule has 0 aliphatic heterocycles. The lowest BCUT2D eigenvalue weighted by Crippen LogP contribution is -2.38. The van der Waals surface area contributed by atoms with Gasteiger partial charge in [0.15, 0.2) is 12.3 Å². The second kappa shape index (κ2) is 8.99. The molecule has 1 aromatic carbocycles. The highest BCUT2D eigenvalue weighted by Gasteiger charge is 2.22. The number of carbonyl (C=O) groups excluding carboxylic acids is 2. The number of esters is 1. The van der Waals surface area contributed by atoms with Crippen LogP contribution in [0, 0.1) is 0 Å². The summed E-state index contributed by atoms with van der Waals surface area (Å²) in [6.45, 7) is 1.58. The maximum absolute atomic E-state index is 12.4. The minimum absolute atomic E-state index is 0.114. The number of benzene rings is 1. The number of hydrogen-bond donors (Lipinski definition) is 1. The molecular weight excluding hydrogens is 368 g/mol. The van der Waals surface area contributed by atoms with Crippen LogP contribution in [0.5, 0.6) is 0 Å². The van der Waals surface area contributed by atoms with Crippen LogP contribution in [-0.2, 0) is 16.0 Å². The SMILES string of the molecule is CCc1c(C(=O)OCC(=O)NC2CCCCC2)nnn1-c1cccc(Cl)c1. The summed E-state index contributed by atoms with van der Waals surface area (Å²) in [5.41, 5.74) is 1.43. The Morgan fingerprint density at radius 1 is 1.30 bits per heavy atom. The van der Waals surface area contributed by atoms with Crippen LogP contribution in [0.15, 0.2) is 24.3 Å². The number of ether oxygens (including phenoxy) is 1. The summed E-state index contributed by atoms with van der Waals surface area (Å²) >= 11 is 6.03. The first-order chi connectivity index (χ1) is 13.1. The van der Waals surface area contributed by atoms with Crippen molar-refractivity contribution in [3.63, 3.8) is 0 Å². The van der Waals surface area contributed by atoms with Gasteiger partial charge >= 0.3 is 5.97 Å². The second-order valence-electron chi connectivity index (χ2n) is 6.61. The Morgan fingerprint density at radius 2 is 2.07 bits per heavy atom. The molecular formula is C19H23ClN4O3. The minimum Gasteiger partial charge on any atom is -0.451 e. The minimum atomic E-state index is -0.654. The van der Waals surface area contributed by atoms with Crippen LogP contribution in [0.4, 0.5) is 0 Å². The number of carbonyl (C=O) groups is 2. The molecule has 1 aliphatic carbocycles. The molecule has 27 heavy (non-hydrogen) atoms. The van der Waals surface area contributed by atoms with E-state index in [1.165, 1.54) is 6.42 Å². The smallest absolute Gasteiger partial charge is 0.361 e. The van der Waals surface area contributed by atoms with Crippen molar-refractivity contribution in [3.8, 4) is 5.69 Å². The van der Waals surface area contributed by atoms with E-state index in [0.717, 1.165) is 25.7 Å². The molecule has 144 valence electrons. The topological polar surface area (TPSA) is 86.1 Å². The number of halogens is 1. The molecule has 1 aliphatic rings. The van der Waals surface area contributed by atoms with Gasteiger partial charge in [-0.2, -0.15) is 0 Å². The maximum atomic E-state index is 12.4. The highest BCUT2D eigenvalue weighted by molar-refractivity contribution is 6.30. The van der Waals surface area contributed by atoms with E-state index in [4.69, 9.17) is 16.3 Å².